The summed E-state index contributed by atoms with van der Waals surface area (Å²) in [5, 5.41) is 19.0. The van der Waals surface area contributed by atoms with Crippen molar-refractivity contribution in [2.45, 2.75) is 69.0 Å². The van der Waals surface area contributed by atoms with Crippen LogP contribution >= 0.6 is 0 Å². The first kappa shape index (κ1) is 34.2. The average molecular weight is 714 g/mol. The third-order valence-corrected chi connectivity index (χ3v) is 13.7. The molecule has 3 aliphatic heterocycles. The lowest BCUT2D eigenvalue weighted by Gasteiger charge is -2.33. The molecule has 11 heteroatoms. The molecule has 0 radical (unpaired) electrons. The van der Waals surface area contributed by atoms with Crippen molar-refractivity contribution in [1.82, 2.24) is 15.0 Å². The Morgan fingerprint density at radius 2 is 1.60 bits per heavy atom. The number of benzene rings is 4. The van der Waals surface area contributed by atoms with Crippen LogP contribution in [0.1, 0.15) is 48.1 Å². The third kappa shape index (κ3) is 5.59. The second-order valence-electron chi connectivity index (χ2n) is 14.7. The fourth-order valence-electron chi connectivity index (χ4n) is 8.84. The number of ether oxygens (including phenoxy) is 1. The zero-order valence-electron chi connectivity index (χ0n) is 29.6. The van der Waals surface area contributed by atoms with Crippen molar-refractivity contribution in [3.05, 3.63) is 132 Å². The predicted octanol–water partition coefficient (Wildman–Crippen LogP) is 6.58. The zero-order valence-corrected chi connectivity index (χ0v) is 30.6. The first-order valence-electron chi connectivity index (χ1n) is 18.0. The highest BCUT2D eigenvalue weighted by atomic mass is 28.4. The molecule has 1 fully saturated rings. The van der Waals surface area contributed by atoms with E-state index in [4.69, 9.17) is 4.74 Å². The summed E-state index contributed by atoms with van der Waals surface area (Å²) in [7, 11) is -2.94. The van der Waals surface area contributed by atoms with Gasteiger partial charge in [-0.25, -0.2) is 0 Å². The number of aryl methyl sites for hydroxylation is 2. The number of aliphatic hydroxyl groups excluding tert-OH is 1. The predicted molar refractivity (Wildman–Crippen MR) is 201 cm³/mol. The lowest BCUT2D eigenvalue weighted by atomic mass is 9.82. The molecule has 5 aromatic rings. The molecular formula is C41H43N5O5Si. The summed E-state index contributed by atoms with van der Waals surface area (Å²) in [5.41, 5.74) is 4.69. The van der Waals surface area contributed by atoms with Crippen LogP contribution in [0, 0.1) is 5.92 Å². The Balaban J connectivity index is 1.18. The van der Waals surface area contributed by atoms with E-state index in [9.17, 15) is 14.7 Å². The fourth-order valence-corrected chi connectivity index (χ4v) is 11.4. The van der Waals surface area contributed by atoms with Gasteiger partial charge in [0.05, 0.1) is 35.7 Å². The molecule has 4 heterocycles. The van der Waals surface area contributed by atoms with E-state index in [2.05, 4.69) is 16.4 Å². The first-order valence-corrected chi connectivity index (χ1v) is 21.0. The molecule has 1 spiro atoms. The number of carbonyl (C=O) groups excluding carboxylic acids is 2. The van der Waals surface area contributed by atoms with E-state index in [1.807, 2.05) is 123 Å². The highest BCUT2D eigenvalue weighted by molar-refractivity contribution is 6.71. The Bertz CT molecular complexity index is 2120. The van der Waals surface area contributed by atoms with Crippen molar-refractivity contribution in [2.24, 2.45) is 5.92 Å². The SMILES string of the molecule is C[C@@H]1[C@@H]([Si](C)(C)O)[C@H](CCn2cc(C(CO)c3ccccc3)nn2)O[C@@]12C(=O)N(c1ccccc1)c1ccc(N3C(=O)CCc4ccccc43)cc12. The molecule has 52 heavy (non-hydrogen) atoms. The van der Waals surface area contributed by atoms with E-state index in [1.165, 1.54) is 0 Å². The van der Waals surface area contributed by atoms with Crippen LogP contribution in [-0.2, 0) is 32.9 Å². The van der Waals surface area contributed by atoms with Crippen molar-refractivity contribution in [2.75, 3.05) is 16.4 Å². The van der Waals surface area contributed by atoms with Crippen LogP contribution in [0.25, 0.3) is 0 Å². The van der Waals surface area contributed by atoms with Gasteiger partial charge in [-0.15, -0.1) is 5.10 Å². The van der Waals surface area contributed by atoms with Gasteiger partial charge in [-0.3, -0.25) is 24.1 Å². The summed E-state index contributed by atoms with van der Waals surface area (Å²) in [4.78, 5) is 44.0. The topological polar surface area (TPSA) is 121 Å². The molecule has 0 aliphatic carbocycles. The second kappa shape index (κ2) is 13.2. The quantitative estimate of drug-likeness (QED) is 0.166. The number of anilines is 4. The molecule has 5 atom stereocenters. The zero-order chi connectivity index (χ0) is 36.2. The molecule has 0 saturated carbocycles. The minimum Gasteiger partial charge on any atom is -0.432 e. The normalized spacial score (nSPS) is 23.3. The standard InChI is InChI=1S/C41H43N5O5Si/c1-27-39(52(2,3)50)37(22-23-44-25-34(42-43-44)32(26-47)28-12-6-4-7-13-28)51-41(27)33-24-31(45-35-17-11-10-14-29(35)18-21-38(45)48)19-20-36(33)46(40(41)49)30-15-8-5-9-16-30/h4-17,19-20,24-25,27,32,37,39,47,50H,18,21-23,26H2,1-3H3/t27-,32?,37+,39-,41+/m1/s1. The molecule has 4 aromatic carbocycles. The minimum atomic E-state index is -2.94. The van der Waals surface area contributed by atoms with Crippen molar-refractivity contribution in [3.8, 4) is 0 Å². The summed E-state index contributed by atoms with van der Waals surface area (Å²) in [6.45, 7) is 6.20. The van der Waals surface area contributed by atoms with Crippen LogP contribution in [0.5, 0.6) is 0 Å². The number of carbonyl (C=O) groups is 2. The number of para-hydroxylation sites is 2. The summed E-state index contributed by atoms with van der Waals surface area (Å²) in [6.07, 6.45) is 2.94. The molecular weight excluding hydrogens is 671 g/mol. The molecule has 1 unspecified atom stereocenters. The Kier molecular flexibility index (Phi) is 8.69. The van der Waals surface area contributed by atoms with Crippen molar-refractivity contribution in [3.63, 3.8) is 0 Å². The molecule has 8 rings (SSSR count). The highest BCUT2D eigenvalue weighted by Gasteiger charge is 2.66. The summed E-state index contributed by atoms with van der Waals surface area (Å²) in [5.74, 6) is -0.889. The number of hydrogen-bond acceptors (Lipinski definition) is 7. The largest absolute Gasteiger partial charge is 0.432 e. The molecule has 1 saturated heterocycles. The number of amides is 2. The smallest absolute Gasteiger partial charge is 0.268 e. The second-order valence-corrected chi connectivity index (χ2v) is 18.7. The van der Waals surface area contributed by atoms with Gasteiger partial charge in [-0.2, -0.15) is 0 Å². The number of nitrogens with zero attached hydrogens (tertiary/aromatic N) is 5. The monoisotopic (exact) mass is 713 g/mol. The molecule has 0 bridgehead atoms. The molecule has 2 amide bonds. The van der Waals surface area contributed by atoms with Crippen LogP contribution < -0.4 is 9.80 Å². The van der Waals surface area contributed by atoms with Gasteiger partial charge in [0, 0.05) is 47.6 Å². The molecule has 2 N–H and O–H groups in total. The first-order chi connectivity index (χ1) is 25.1. The van der Waals surface area contributed by atoms with Crippen LogP contribution in [0.2, 0.25) is 18.6 Å². The Morgan fingerprint density at radius 1 is 0.885 bits per heavy atom. The van der Waals surface area contributed by atoms with Gasteiger partial charge < -0.3 is 14.6 Å². The minimum absolute atomic E-state index is 0.000109. The van der Waals surface area contributed by atoms with Gasteiger partial charge in [0.1, 0.15) is 0 Å². The van der Waals surface area contributed by atoms with E-state index in [0.29, 0.717) is 48.4 Å². The van der Waals surface area contributed by atoms with Crippen molar-refractivity contribution < 1.29 is 24.2 Å². The van der Waals surface area contributed by atoms with Gasteiger partial charge in [0.25, 0.3) is 5.91 Å². The summed E-state index contributed by atoms with van der Waals surface area (Å²) >= 11 is 0. The van der Waals surface area contributed by atoms with E-state index in [0.717, 1.165) is 22.5 Å². The molecule has 266 valence electrons. The molecule has 10 nitrogen and oxygen atoms in total. The number of fused-ring (bicyclic) bond motifs is 3. The Morgan fingerprint density at radius 3 is 2.33 bits per heavy atom. The fraction of sp³-hybridized carbons (Fsp3) is 0.317. The van der Waals surface area contributed by atoms with E-state index in [-0.39, 0.29) is 35.8 Å². The Hall–Kier alpha value is -4.94. The average Bonchev–Trinajstić information content (AvgIpc) is 3.81. The number of hydrogen-bond donors (Lipinski definition) is 2. The van der Waals surface area contributed by atoms with Crippen molar-refractivity contribution in [1.29, 1.82) is 0 Å². The van der Waals surface area contributed by atoms with E-state index >= 15 is 4.79 Å². The van der Waals surface area contributed by atoms with Crippen LogP contribution in [-0.4, -0.2) is 57.7 Å². The maximum atomic E-state index is 15.1. The van der Waals surface area contributed by atoms with Crippen molar-refractivity contribution >= 4 is 42.9 Å². The number of aliphatic hydroxyl groups is 1. The van der Waals surface area contributed by atoms with Gasteiger partial charge in [-0.1, -0.05) is 78.9 Å². The van der Waals surface area contributed by atoms with Crippen LogP contribution in [0.4, 0.5) is 22.7 Å². The van der Waals surface area contributed by atoms with E-state index in [1.54, 1.807) is 14.5 Å². The Labute approximate surface area is 304 Å². The van der Waals surface area contributed by atoms with Crippen LogP contribution in [0.3, 0.4) is 0 Å². The number of aromatic nitrogens is 3. The van der Waals surface area contributed by atoms with Gasteiger partial charge in [-0.05, 0) is 73.5 Å². The maximum Gasteiger partial charge on any atom is 0.268 e. The molecule has 3 aliphatic rings. The lowest BCUT2D eigenvalue weighted by Crippen LogP contribution is -2.45. The number of rotatable bonds is 9. The highest BCUT2D eigenvalue weighted by Crippen LogP contribution is 2.61. The maximum absolute atomic E-state index is 15.1. The summed E-state index contributed by atoms with van der Waals surface area (Å²) < 4.78 is 8.89. The summed E-state index contributed by atoms with van der Waals surface area (Å²) in [6, 6.07) is 33.0. The van der Waals surface area contributed by atoms with Gasteiger partial charge in [0.15, 0.2) is 13.9 Å². The van der Waals surface area contributed by atoms with Gasteiger partial charge in [0.2, 0.25) is 5.91 Å². The van der Waals surface area contributed by atoms with Crippen LogP contribution in [0.15, 0.2) is 109 Å². The third-order valence-electron chi connectivity index (χ3n) is 11.2. The van der Waals surface area contributed by atoms with Gasteiger partial charge >= 0.3 is 0 Å². The van der Waals surface area contributed by atoms with E-state index < -0.39 is 20.0 Å². The lowest BCUT2D eigenvalue weighted by molar-refractivity contribution is -0.145. The molecule has 1 aromatic heterocycles.